The zero-order valence-corrected chi connectivity index (χ0v) is 44.5. The second-order valence-electron chi connectivity index (χ2n) is 19.7. The predicted octanol–water partition coefficient (Wildman–Crippen LogP) is 11.4. The van der Waals surface area contributed by atoms with E-state index in [2.05, 4.69) is 0 Å². The van der Waals surface area contributed by atoms with E-state index in [1.54, 1.807) is 0 Å². The average molecular weight is 1070 g/mol. The van der Waals surface area contributed by atoms with E-state index in [0.29, 0.717) is 0 Å². The van der Waals surface area contributed by atoms with E-state index in [-0.39, 0.29) is 59.5 Å². The number of aliphatic hydroxyl groups excluding tert-OH is 2. The second-order valence-corrected chi connectivity index (χ2v) is 19.7. The molecule has 2 N–H and O–H groups in total. The lowest BCUT2D eigenvalue weighted by Gasteiger charge is -2.47. The molecule has 0 unspecified atom stereocenters. The highest BCUT2D eigenvalue weighted by atomic mass is 16.6. The molecule has 11 nitrogen and oxygen atoms in total. The molecule has 0 aliphatic carbocycles. The Morgan fingerprint density at radius 2 is 0.633 bits per heavy atom. The second kappa shape index (κ2) is 31.2. The van der Waals surface area contributed by atoms with Crippen LogP contribution in [0.4, 0.5) is 0 Å². The van der Waals surface area contributed by atoms with Gasteiger partial charge in [-0.1, -0.05) is 243 Å². The number of benzene rings is 8. The maximum absolute atomic E-state index is 12.8. The van der Waals surface area contributed by atoms with Crippen molar-refractivity contribution >= 4 is 0 Å². The van der Waals surface area contributed by atoms with Gasteiger partial charge < -0.3 is 52.8 Å². The smallest absolute Gasteiger partial charge is 0.116 e. The lowest BCUT2D eigenvalue weighted by molar-refractivity contribution is -0.280. The maximum atomic E-state index is 12.8. The van der Waals surface area contributed by atoms with Gasteiger partial charge in [0.2, 0.25) is 0 Å². The summed E-state index contributed by atoms with van der Waals surface area (Å²) in [5.41, 5.74) is 7.26. The standard InChI is InChI=1S/C68H72O11/c69-41-59(71-42-51-25-9-1-10-26-51)62(73-44-53-29-13-3-14-30-53)64(75-46-55-33-17-5-18-34-55)66(76-47-56-35-19-6-20-36-56)68(78-49-58-39-23-8-24-40-58)67(77-48-57-37-21-7-22-38-57)65-63(74-45-54-31-15-4-16-32-54)61(70)60(50-79-65)72-43-52-27-11-2-12-28-52/h1-40,59-70H,41-50H2/t59-,60-,61-,62+,63-,64-,65+,66-,67-,68+/m0/s1. The average Bonchev–Trinajstić information content (AvgIpc) is 3.52. The van der Waals surface area contributed by atoms with Gasteiger partial charge in [0.1, 0.15) is 61.0 Å². The van der Waals surface area contributed by atoms with E-state index in [4.69, 9.17) is 42.6 Å². The van der Waals surface area contributed by atoms with Gasteiger partial charge in [0, 0.05) is 0 Å². The fourth-order valence-corrected chi connectivity index (χ4v) is 9.75. The topological polar surface area (TPSA) is 124 Å². The summed E-state index contributed by atoms with van der Waals surface area (Å²) >= 11 is 0. The molecule has 0 radical (unpaired) electrons. The van der Waals surface area contributed by atoms with Crippen molar-refractivity contribution < 1.29 is 52.8 Å². The van der Waals surface area contributed by atoms with Crippen LogP contribution < -0.4 is 0 Å². The fourth-order valence-electron chi connectivity index (χ4n) is 9.75. The maximum Gasteiger partial charge on any atom is 0.116 e. The normalized spacial score (nSPS) is 18.7. The Bertz CT molecular complexity index is 2860. The highest BCUT2D eigenvalue weighted by Crippen LogP contribution is 2.35. The van der Waals surface area contributed by atoms with Crippen molar-refractivity contribution in [2.45, 2.75) is 114 Å². The van der Waals surface area contributed by atoms with E-state index >= 15 is 0 Å². The summed E-state index contributed by atoms with van der Waals surface area (Å²) in [4.78, 5) is 0. The molecule has 410 valence electrons. The van der Waals surface area contributed by atoms with Crippen molar-refractivity contribution in [1.29, 1.82) is 0 Å². The lowest BCUT2D eigenvalue weighted by Crippen LogP contribution is -2.64. The van der Waals surface area contributed by atoms with E-state index < -0.39 is 67.6 Å². The Morgan fingerprint density at radius 1 is 0.342 bits per heavy atom. The van der Waals surface area contributed by atoms with E-state index in [1.807, 2.05) is 243 Å². The van der Waals surface area contributed by atoms with Crippen LogP contribution >= 0.6 is 0 Å². The summed E-state index contributed by atoms with van der Waals surface area (Å²) < 4.78 is 63.8. The molecule has 0 spiro atoms. The molecule has 1 aliphatic rings. The Hall–Kier alpha value is -6.68. The first kappa shape index (κ1) is 57.0. The van der Waals surface area contributed by atoms with Gasteiger partial charge in [-0.2, -0.15) is 0 Å². The minimum atomic E-state index is -1.19. The Labute approximate surface area is 465 Å². The van der Waals surface area contributed by atoms with Crippen LogP contribution in [0.3, 0.4) is 0 Å². The molecule has 8 aromatic carbocycles. The lowest BCUT2D eigenvalue weighted by atomic mass is 9.88. The predicted molar refractivity (Wildman–Crippen MR) is 303 cm³/mol. The summed E-state index contributed by atoms with van der Waals surface area (Å²) in [7, 11) is 0. The number of hydrogen-bond donors (Lipinski definition) is 2. The van der Waals surface area contributed by atoms with Gasteiger partial charge in [0.25, 0.3) is 0 Å². The van der Waals surface area contributed by atoms with Crippen LogP contribution in [-0.2, 0) is 95.5 Å². The van der Waals surface area contributed by atoms with Gasteiger partial charge in [0.05, 0.1) is 66.1 Å². The van der Waals surface area contributed by atoms with Gasteiger partial charge >= 0.3 is 0 Å². The molecule has 1 heterocycles. The number of rotatable bonds is 31. The molecule has 1 fully saturated rings. The van der Waals surface area contributed by atoms with Crippen LogP contribution in [0, 0.1) is 0 Å². The Morgan fingerprint density at radius 3 is 1.00 bits per heavy atom. The van der Waals surface area contributed by atoms with Crippen LogP contribution in [0.2, 0.25) is 0 Å². The SMILES string of the molecule is OC[C@H](OCc1ccccc1)[C@@H](OCc1ccccc1)[C@H](OCc1ccccc1)[C@H](OCc1ccccc1)[C@@H](OCc1ccccc1)[C@@H](OCc1ccccc1)[C@@H]1OC[C@H](OCc2ccccc2)[C@H](O)[C@@H]1OCc1ccccc1. The summed E-state index contributed by atoms with van der Waals surface area (Å²) in [5, 5.41) is 24.4. The van der Waals surface area contributed by atoms with Crippen molar-refractivity contribution in [3.8, 4) is 0 Å². The largest absolute Gasteiger partial charge is 0.394 e. The molecule has 11 heteroatoms. The molecule has 10 atom stereocenters. The van der Waals surface area contributed by atoms with E-state index in [0.717, 1.165) is 44.5 Å². The van der Waals surface area contributed by atoms with E-state index in [1.165, 1.54) is 0 Å². The van der Waals surface area contributed by atoms with Gasteiger partial charge in [-0.3, -0.25) is 0 Å². The Balaban J connectivity index is 1.19. The summed E-state index contributed by atoms with van der Waals surface area (Å²) in [6, 6.07) is 79.1. The molecule has 0 bridgehead atoms. The number of ether oxygens (including phenoxy) is 9. The third-order valence-electron chi connectivity index (χ3n) is 14.0. The van der Waals surface area contributed by atoms with Gasteiger partial charge in [-0.05, 0) is 44.5 Å². The highest BCUT2D eigenvalue weighted by molar-refractivity contribution is 5.20. The van der Waals surface area contributed by atoms with Crippen LogP contribution in [0.5, 0.6) is 0 Å². The van der Waals surface area contributed by atoms with Crippen molar-refractivity contribution in [3.05, 3.63) is 287 Å². The molecular formula is C68H72O11. The summed E-state index contributed by atoms with van der Waals surface area (Å²) in [6.07, 6.45) is -10.2. The molecule has 1 saturated heterocycles. The molecule has 0 saturated carbocycles. The Kier molecular flexibility index (Phi) is 22.5. The number of hydrogen-bond acceptors (Lipinski definition) is 11. The molecular weight excluding hydrogens is 993 g/mol. The van der Waals surface area contributed by atoms with Crippen LogP contribution in [0.25, 0.3) is 0 Å². The van der Waals surface area contributed by atoms with Gasteiger partial charge in [-0.15, -0.1) is 0 Å². The molecule has 0 amide bonds. The third-order valence-corrected chi connectivity index (χ3v) is 14.0. The quantitative estimate of drug-likeness (QED) is 0.0432. The number of aliphatic hydroxyl groups is 2. The van der Waals surface area contributed by atoms with Crippen molar-refractivity contribution in [2.75, 3.05) is 13.2 Å². The van der Waals surface area contributed by atoms with Crippen LogP contribution in [0.1, 0.15) is 44.5 Å². The highest BCUT2D eigenvalue weighted by Gasteiger charge is 2.52. The third kappa shape index (κ3) is 17.4. The molecule has 0 aromatic heterocycles. The summed E-state index contributed by atoms with van der Waals surface area (Å²) in [5.74, 6) is 0. The van der Waals surface area contributed by atoms with Crippen molar-refractivity contribution in [2.24, 2.45) is 0 Å². The first-order chi connectivity index (χ1) is 39.1. The van der Waals surface area contributed by atoms with Gasteiger partial charge in [0.15, 0.2) is 0 Å². The molecule has 9 rings (SSSR count). The van der Waals surface area contributed by atoms with Crippen molar-refractivity contribution in [3.63, 3.8) is 0 Å². The minimum absolute atomic E-state index is 0.00661. The molecule has 1 aliphatic heterocycles. The molecule has 79 heavy (non-hydrogen) atoms. The van der Waals surface area contributed by atoms with Gasteiger partial charge in [-0.25, -0.2) is 0 Å². The fraction of sp³-hybridized carbons (Fsp3) is 0.294. The first-order valence-corrected chi connectivity index (χ1v) is 27.2. The van der Waals surface area contributed by atoms with Crippen LogP contribution in [-0.4, -0.2) is 84.5 Å². The minimum Gasteiger partial charge on any atom is -0.394 e. The van der Waals surface area contributed by atoms with Crippen molar-refractivity contribution in [1.82, 2.24) is 0 Å². The zero-order chi connectivity index (χ0) is 54.1. The van der Waals surface area contributed by atoms with E-state index in [9.17, 15) is 10.2 Å². The summed E-state index contributed by atoms with van der Waals surface area (Å²) in [6.45, 7) is 0.786. The zero-order valence-electron chi connectivity index (χ0n) is 44.5. The molecule has 8 aromatic rings. The van der Waals surface area contributed by atoms with Crippen LogP contribution in [0.15, 0.2) is 243 Å². The monoisotopic (exact) mass is 1060 g/mol. The first-order valence-electron chi connectivity index (χ1n) is 27.2.